The molecule has 0 aliphatic carbocycles. The number of aromatic hydroxyl groups is 1. The van der Waals surface area contributed by atoms with Gasteiger partial charge in [0.15, 0.2) is 0 Å². The van der Waals surface area contributed by atoms with E-state index >= 15 is 0 Å². The molecule has 1 fully saturated rings. The molecule has 0 aromatic heterocycles. The second-order valence-electron chi connectivity index (χ2n) is 4.79. The van der Waals surface area contributed by atoms with Gasteiger partial charge in [0.25, 0.3) is 0 Å². The monoisotopic (exact) mass is 259 g/mol. The Morgan fingerprint density at radius 1 is 1.11 bits per heavy atom. The van der Waals surface area contributed by atoms with Gasteiger partial charge in [0.1, 0.15) is 5.75 Å². The van der Waals surface area contributed by atoms with Gasteiger partial charge in [0.05, 0.1) is 0 Å². The number of rotatable bonds is 4. The van der Waals surface area contributed by atoms with E-state index in [1.54, 1.807) is 6.07 Å². The maximum absolute atomic E-state index is 9.84. The smallest absolute Gasteiger partial charge is 0.123 e. The lowest BCUT2D eigenvalue weighted by atomic mass is 10.0. The largest absolute Gasteiger partial charge is 0.507 e. The van der Waals surface area contributed by atoms with Crippen molar-refractivity contribution in [2.45, 2.75) is 11.3 Å². The summed E-state index contributed by atoms with van der Waals surface area (Å²) >= 11 is 1.90. The molecule has 3 rings (SSSR count). The van der Waals surface area contributed by atoms with Crippen molar-refractivity contribution in [2.24, 2.45) is 5.92 Å². The number of benzene rings is 2. The van der Waals surface area contributed by atoms with Gasteiger partial charge in [0.2, 0.25) is 0 Å². The third kappa shape index (κ3) is 2.33. The average molecular weight is 259 g/mol. The van der Waals surface area contributed by atoms with Crippen LogP contribution in [0.1, 0.15) is 6.42 Å². The SMILES string of the molecule is Oc1ccc(SCCC2CNC2)c2ccccc12. The summed E-state index contributed by atoms with van der Waals surface area (Å²) in [5.74, 6) is 2.39. The fraction of sp³-hybridized carbons (Fsp3) is 0.333. The van der Waals surface area contributed by atoms with Crippen LogP contribution in [0.25, 0.3) is 10.8 Å². The molecule has 2 nitrogen and oxygen atoms in total. The van der Waals surface area contributed by atoms with E-state index in [1.165, 1.54) is 24.4 Å². The van der Waals surface area contributed by atoms with E-state index in [4.69, 9.17) is 0 Å². The standard InChI is InChI=1S/C15H17NOS/c17-14-5-6-15(13-4-2-1-3-12(13)14)18-8-7-11-9-16-10-11/h1-6,11,16-17H,7-10H2. The summed E-state index contributed by atoms with van der Waals surface area (Å²) in [6.45, 7) is 2.35. The van der Waals surface area contributed by atoms with Crippen LogP contribution >= 0.6 is 11.8 Å². The third-order valence-corrected chi connectivity index (χ3v) is 4.62. The summed E-state index contributed by atoms with van der Waals surface area (Å²) in [6, 6.07) is 11.9. The van der Waals surface area contributed by atoms with Gasteiger partial charge in [-0.2, -0.15) is 0 Å². The topological polar surface area (TPSA) is 32.3 Å². The first-order valence-corrected chi connectivity index (χ1v) is 7.37. The predicted octanol–water partition coefficient (Wildman–Crippen LogP) is 3.25. The Labute approximate surface area is 111 Å². The van der Waals surface area contributed by atoms with Crippen LogP contribution in [0, 0.1) is 5.92 Å². The molecule has 0 amide bonds. The molecule has 0 saturated carbocycles. The van der Waals surface area contributed by atoms with Gasteiger partial charge in [-0.3, -0.25) is 0 Å². The number of hydrogen-bond donors (Lipinski definition) is 2. The first-order chi connectivity index (χ1) is 8.84. The Hall–Kier alpha value is -1.19. The molecule has 0 bridgehead atoms. The zero-order valence-electron chi connectivity index (χ0n) is 10.2. The quantitative estimate of drug-likeness (QED) is 0.827. The summed E-state index contributed by atoms with van der Waals surface area (Å²) in [7, 11) is 0. The van der Waals surface area contributed by atoms with Crippen molar-refractivity contribution in [3.05, 3.63) is 36.4 Å². The maximum Gasteiger partial charge on any atom is 0.123 e. The third-order valence-electron chi connectivity index (χ3n) is 3.51. The zero-order valence-corrected chi connectivity index (χ0v) is 11.0. The Balaban J connectivity index is 1.76. The molecular formula is C15H17NOS. The molecule has 2 aromatic carbocycles. The molecular weight excluding hydrogens is 242 g/mol. The molecule has 2 N–H and O–H groups in total. The number of fused-ring (bicyclic) bond motifs is 1. The van der Waals surface area contributed by atoms with E-state index in [9.17, 15) is 5.11 Å². The molecule has 0 atom stereocenters. The average Bonchev–Trinajstić information content (AvgIpc) is 2.35. The molecule has 0 radical (unpaired) electrons. The van der Waals surface area contributed by atoms with Crippen LogP contribution in [0.3, 0.4) is 0 Å². The minimum atomic E-state index is 0.373. The van der Waals surface area contributed by atoms with Crippen molar-refractivity contribution in [1.29, 1.82) is 0 Å². The van der Waals surface area contributed by atoms with Crippen molar-refractivity contribution >= 4 is 22.5 Å². The van der Waals surface area contributed by atoms with Gasteiger partial charge in [-0.1, -0.05) is 24.3 Å². The summed E-state index contributed by atoms with van der Waals surface area (Å²) in [5, 5.41) is 15.3. The van der Waals surface area contributed by atoms with E-state index in [0.29, 0.717) is 5.75 Å². The highest BCUT2D eigenvalue weighted by Crippen LogP contribution is 2.33. The fourth-order valence-corrected chi connectivity index (χ4v) is 3.44. The number of phenolic OH excluding ortho intramolecular Hbond substituents is 1. The van der Waals surface area contributed by atoms with Gasteiger partial charge in [-0.25, -0.2) is 0 Å². The molecule has 1 heterocycles. The zero-order chi connectivity index (χ0) is 12.4. The van der Waals surface area contributed by atoms with Crippen LogP contribution in [0.15, 0.2) is 41.3 Å². The Kier molecular flexibility index (Phi) is 3.43. The molecule has 1 saturated heterocycles. The first kappa shape index (κ1) is 11.9. The van der Waals surface area contributed by atoms with Crippen molar-refractivity contribution < 1.29 is 5.11 Å². The molecule has 2 aromatic rings. The Morgan fingerprint density at radius 3 is 2.61 bits per heavy atom. The van der Waals surface area contributed by atoms with Gasteiger partial charge in [-0.05, 0) is 48.7 Å². The lowest BCUT2D eigenvalue weighted by Crippen LogP contribution is -2.42. The lowest BCUT2D eigenvalue weighted by Gasteiger charge is -2.26. The van der Waals surface area contributed by atoms with Crippen LogP contribution in [-0.2, 0) is 0 Å². The van der Waals surface area contributed by atoms with Crippen LogP contribution in [-0.4, -0.2) is 23.9 Å². The number of nitrogens with one attached hydrogen (secondary N) is 1. The minimum absolute atomic E-state index is 0.373. The fourth-order valence-electron chi connectivity index (χ4n) is 2.27. The van der Waals surface area contributed by atoms with Crippen molar-refractivity contribution in [2.75, 3.05) is 18.8 Å². The van der Waals surface area contributed by atoms with Gasteiger partial charge < -0.3 is 10.4 Å². The Bertz CT molecular complexity index is 551. The van der Waals surface area contributed by atoms with Crippen molar-refractivity contribution in [1.82, 2.24) is 5.32 Å². The number of hydrogen-bond acceptors (Lipinski definition) is 3. The van der Waals surface area contributed by atoms with Gasteiger partial charge in [0, 0.05) is 10.3 Å². The lowest BCUT2D eigenvalue weighted by molar-refractivity contribution is 0.341. The second kappa shape index (κ2) is 5.21. The number of thioether (sulfide) groups is 1. The van der Waals surface area contributed by atoms with E-state index < -0.39 is 0 Å². The molecule has 3 heteroatoms. The number of phenols is 1. The summed E-state index contributed by atoms with van der Waals surface area (Å²) in [4.78, 5) is 1.27. The highest BCUT2D eigenvalue weighted by molar-refractivity contribution is 7.99. The normalized spacial score (nSPS) is 15.8. The van der Waals surface area contributed by atoms with Gasteiger partial charge >= 0.3 is 0 Å². The molecule has 0 spiro atoms. The minimum Gasteiger partial charge on any atom is -0.507 e. The van der Waals surface area contributed by atoms with E-state index in [2.05, 4.69) is 11.4 Å². The van der Waals surface area contributed by atoms with Crippen molar-refractivity contribution in [3.63, 3.8) is 0 Å². The van der Waals surface area contributed by atoms with Crippen LogP contribution < -0.4 is 5.32 Å². The van der Waals surface area contributed by atoms with E-state index in [0.717, 1.165) is 22.4 Å². The summed E-state index contributed by atoms with van der Waals surface area (Å²) < 4.78 is 0. The van der Waals surface area contributed by atoms with E-state index in [1.807, 2.05) is 36.0 Å². The molecule has 94 valence electrons. The highest BCUT2D eigenvalue weighted by atomic mass is 32.2. The second-order valence-corrected chi connectivity index (χ2v) is 5.93. The molecule has 1 aliphatic rings. The Morgan fingerprint density at radius 2 is 1.89 bits per heavy atom. The maximum atomic E-state index is 9.84. The van der Waals surface area contributed by atoms with Gasteiger partial charge in [-0.15, -0.1) is 11.8 Å². The van der Waals surface area contributed by atoms with Crippen LogP contribution in [0.4, 0.5) is 0 Å². The summed E-state index contributed by atoms with van der Waals surface area (Å²) in [5.41, 5.74) is 0. The molecule has 1 aliphatic heterocycles. The predicted molar refractivity (Wildman–Crippen MR) is 77.3 cm³/mol. The highest BCUT2D eigenvalue weighted by Gasteiger charge is 2.16. The van der Waals surface area contributed by atoms with Crippen LogP contribution in [0.2, 0.25) is 0 Å². The van der Waals surface area contributed by atoms with Crippen LogP contribution in [0.5, 0.6) is 5.75 Å². The molecule has 18 heavy (non-hydrogen) atoms. The molecule has 0 unspecified atom stereocenters. The first-order valence-electron chi connectivity index (χ1n) is 6.39. The van der Waals surface area contributed by atoms with E-state index in [-0.39, 0.29) is 0 Å². The summed E-state index contributed by atoms with van der Waals surface area (Å²) in [6.07, 6.45) is 1.27. The van der Waals surface area contributed by atoms with Crippen molar-refractivity contribution in [3.8, 4) is 5.75 Å².